The second-order valence-corrected chi connectivity index (χ2v) is 5.34. The summed E-state index contributed by atoms with van der Waals surface area (Å²) in [4.78, 5) is 12.6. The Hall–Kier alpha value is -2.09. The minimum absolute atomic E-state index is 0.0386. The SMILES string of the molecule is Cc1ccc(C(=O)c2cccc(OC(C)C)c2)c(C)c1. The monoisotopic (exact) mass is 268 g/mol. The maximum atomic E-state index is 12.6. The third-order valence-electron chi connectivity index (χ3n) is 3.09. The first-order valence-corrected chi connectivity index (χ1v) is 6.86. The van der Waals surface area contributed by atoms with E-state index in [-0.39, 0.29) is 11.9 Å². The first kappa shape index (κ1) is 14.3. The number of carbonyl (C=O) groups is 1. The van der Waals surface area contributed by atoms with Crippen molar-refractivity contribution < 1.29 is 9.53 Å². The van der Waals surface area contributed by atoms with Gasteiger partial charge in [-0.15, -0.1) is 0 Å². The number of ether oxygens (including phenoxy) is 1. The van der Waals surface area contributed by atoms with Gasteiger partial charge < -0.3 is 4.74 Å². The van der Waals surface area contributed by atoms with E-state index in [1.165, 1.54) is 0 Å². The van der Waals surface area contributed by atoms with Crippen molar-refractivity contribution in [2.75, 3.05) is 0 Å². The second-order valence-electron chi connectivity index (χ2n) is 5.34. The quantitative estimate of drug-likeness (QED) is 0.772. The summed E-state index contributed by atoms with van der Waals surface area (Å²) in [7, 11) is 0. The number of carbonyl (C=O) groups excluding carboxylic acids is 1. The Balaban J connectivity index is 2.33. The van der Waals surface area contributed by atoms with E-state index in [0.717, 1.165) is 22.4 Å². The van der Waals surface area contributed by atoms with Crippen molar-refractivity contribution in [1.29, 1.82) is 0 Å². The molecule has 0 aliphatic heterocycles. The average Bonchev–Trinajstić information content (AvgIpc) is 2.37. The average molecular weight is 268 g/mol. The predicted molar refractivity (Wildman–Crippen MR) is 81.6 cm³/mol. The van der Waals surface area contributed by atoms with Crippen LogP contribution in [0.5, 0.6) is 5.75 Å². The summed E-state index contributed by atoms with van der Waals surface area (Å²) >= 11 is 0. The van der Waals surface area contributed by atoms with Gasteiger partial charge in [0.05, 0.1) is 6.10 Å². The van der Waals surface area contributed by atoms with E-state index in [2.05, 4.69) is 0 Å². The van der Waals surface area contributed by atoms with E-state index >= 15 is 0 Å². The molecular formula is C18H20O2. The van der Waals surface area contributed by atoms with Crippen LogP contribution in [0, 0.1) is 13.8 Å². The number of hydrogen-bond acceptors (Lipinski definition) is 2. The molecule has 0 fully saturated rings. The molecule has 0 aliphatic carbocycles. The zero-order chi connectivity index (χ0) is 14.7. The maximum absolute atomic E-state index is 12.6. The lowest BCUT2D eigenvalue weighted by atomic mass is 9.97. The fourth-order valence-corrected chi connectivity index (χ4v) is 2.21. The van der Waals surface area contributed by atoms with Gasteiger partial charge in [-0.1, -0.05) is 35.9 Å². The van der Waals surface area contributed by atoms with Gasteiger partial charge in [-0.05, 0) is 45.4 Å². The summed E-state index contributed by atoms with van der Waals surface area (Å²) in [6.45, 7) is 7.93. The smallest absolute Gasteiger partial charge is 0.193 e. The highest BCUT2D eigenvalue weighted by molar-refractivity contribution is 6.10. The molecule has 0 amide bonds. The number of benzene rings is 2. The van der Waals surface area contributed by atoms with Crippen molar-refractivity contribution in [1.82, 2.24) is 0 Å². The molecule has 0 saturated carbocycles. The van der Waals surface area contributed by atoms with Gasteiger partial charge >= 0.3 is 0 Å². The molecule has 0 heterocycles. The van der Waals surface area contributed by atoms with Crippen LogP contribution in [-0.2, 0) is 0 Å². The molecule has 20 heavy (non-hydrogen) atoms. The van der Waals surface area contributed by atoms with Gasteiger partial charge in [-0.25, -0.2) is 0 Å². The molecule has 0 radical (unpaired) electrons. The molecule has 2 aromatic carbocycles. The highest BCUT2D eigenvalue weighted by atomic mass is 16.5. The fraction of sp³-hybridized carbons (Fsp3) is 0.278. The van der Waals surface area contributed by atoms with E-state index in [9.17, 15) is 4.79 Å². The number of hydrogen-bond donors (Lipinski definition) is 0. The number of rotatable bonds is 4. The van der Waals surface area contributed by atoms with E-state index in [1.807, 2.05) is 70.2 Å². The number of aryl methyl sites for hydroxylation is 2. The zero-order valence-electron chi connectivity index (χ0n) is 12.4. The van der Waals surface area contributed by atoms with Crippen molar-refractivity contribution in [3.8, 4) is 5.75 Å². The van der Waals surface area contributed by atoms with Crippen molar-refractivity contribution >= 4 is 5.78 Å². The van der Waals surface area contributed by atoms with Gasteiger partial charge in [0.1, 0.15) is 5.75 Å². The molecular weight excluding hydrogens is 248 g/mol. The Labute approximate surface area is 120 Å². The second kappa shape index (κ2) is 5.91. The molecule has 0 bridgehead atoms. The lowest BCUT2D eigenvalue weighted by Crippen LogP contribution is -2.07. The van der Waals surface area contributed by atoms with E-state index in [4.69, 9.17) is 4.74 Å². The summed E-state index contributed by atoms with van der Waals surface area (Å²) < 4.78 is 5.64. The van der Waals surface area contributed by atoms with E-state index in [1.54, 1.807) is 0 Å². The van der Waals surface area contributed by atoms with Gasteiger partial charge in [-0.3, -0.25) is 4.79 Å². The third-order valence-corrected chi connectivity index (χ3v) is 3.09. The van der Waals surface area contributed by atoms with Crippen LogP contribution in [0.2, 0.25) is 0 Å². The Bertz CT molecular complexity index is 627. The highest BCUT2D eigenvalue weighted by Crippen LogP contribution is 2.20. The summed E-state index contributed by atoms with van der Waals surface area (Å²) in [6, 6.07) is 13.3. The van der Waals surface area contributed by atoms with Gasteiger partial charge in [0, 0.05) is 11.1 Å². The summed E-state index contributed by atoms with van der Waals surface area (Å²) in [5, 5.41) is 0. The van der Waals surface area contributed by atoms with Gasteiger partial charge in [0.15, 0.2) is 5.78 Å². The van der Waals surface area contributed by atoms with Crippen molar-refractivity contribution in [3.63, 3.8) is 0 Å². The summed E-state index contributed by atoms with van der Waals surface area (Å²) in [6.07, 6.45) is 0.0986. The highest BCUT2D eigenvalue weighted by Gasteiger charge is 2.12. The predicted octanol–water partition coefficient (Wildman–Crippen LogP) is 4.32. The first-order valence-electron chi connectivity index (χ1n) is 6.86. The van der Waals surface area contributed by atoms with Crippen LogP contribution in [0.4, 0.5) is 0 Å². The van der Waals surface area contributed by atoms with Crippen LogP contribution in [0.3, 0.4) is 0 Å². The molecule has 104 valence electrons. The molecule has 2 heteroatoms. The van der Waals surface area contributed by atoms with Crippen molar-refractivity contribution in [3.05, 3.63) is 64.7 Å². The first-order chi connectivity index (χ1) is 9.47. The Morgan fingerprint density at radius 2 is 1.80 bits per heavy atom. The minimum Gasteiger partial charge on any atom is -0.491 e. The van der Waals surface area contributed by atoms with Crippen molar-refractivity contribution in [2.24, 2.45) is 0 Å². The maximum Gasteiger partial charge on any atom is 0.193 e. The molecule has 0 unspecified atom stereocenters. The van der Waals surface area contributed by atoms with Crippen LogP contribution < -0.4 is 4.74 Å². The third kappa shape index (κ3) is 3.27. The summed E-state index contributed by atoms with van der Waals surface area (Å²) in [5.41, 5.74) is 3.58. The molecule has 0 aliphatic rings. The van der Waals surface area contributed by atoms with Crippen LogP contribution >= 0.6 is 0 Å². The Kier molecular flexibility index (Phi) is 4.23. The molecule has 0 aromatic heterocycles. The molecule has 0 N–H and O–H groups in total. The lowest BCUT2D eigenvalue weighted by molar-refractivity contribution is 0.103. The van der Waals surface area contributed by atoms with Crippen molar-refractivity contribution in [2.45, 2.75) is 33.8 Å². The lowest BCUT2D eigenvalue weighted by Gasteiger charge is -2.11. The van der Waals surface area contributed by atoms with Gasteiger partial charge in [0.2, 0.25) is 0 Å². The zero-order valence-corrected chi connectivity index (χ0v) is 12.4. The summed E-state index contributed by atoms with van der Waals surface area (Å²) in [5.74, 6) is 0.771. The van der Waals surface area contributed by atoms with Crippen LogP contribution in [0.25, 0.3) is 0 Å². The normalized spacial score (nSPS) is 10.7. The molecule has 2 nitrogen and oxygen atoms in total. The largest absolute Gasteiger partial charge is 0.491 e. The molecule has 0 saturated heterocycles. The molecule has 2 aromatic rings. The van der Waals surface area contributed by atoms with Gasteiger partial charge in [-0.2, -0.15) is 0 Å². The standard InChI is InChI=1S/C18H20O2/c1-12(2)20-16-7-5-6-15(11-16)18(19)17-9-8-13(3)10-14(17)4/h5-12H,1-4H3. The van der Waals surface area contributed by atoms with Crippen LogP contribution in [-0.4, -0.2) is 11.9 Å². The Morgan fingerprint density at radius 3 is 2.45 bits per heavy atom. The van der Waals surface area contributed by atoms with Gasteiger partial charge in [0.25, 0.3) is 0 Å². The molecule has 2 rings (SSSR count). The number of ketones is 1. The Morgan fingerprint density at radius 1 is 1.05 bits per heavy atom. The topological polar surface area (TPSA) is 26.3 Å². The molecule has 0 atom stereocenters. The minimum atomic E-state index is 0.0386. The van der Waals surface area contributed by atoms with E-state index < -0.39 is 0 Å². The van der Waals surface area contributed by atoms with Crippen LogP contribution in [0.1, 0.15) is 40.9 Å². The molecule has 0 spiro atoms. The fourth-order valence-electron chi connectivity index (χ4n) is 2.21. The van der Waals surface area contributed by atoms with E-state index in [0.29, 0.717) is 5.56 Å². The van der Waals surface area contributed by atoms with Crippen LogP contribution in [0.15, 0.2) is 42.5 Å².